The Morgan fingerprint density at radius 2 is 2.36 bits per heavy atom. The van der Waals surface area contributed by atoms with E-state index in [-0.39, 0.29) is 6.04 Å². The maximum Gasteiger partial charge on any atom is 0.0701 e. The topological polar surface area (TPSA) is 35.2 Å². The normalized spacial score (nSPS) is 13.1. The molecule has 0 spiro atoms. The summed E-state index contributed by atoms with van der Waals surface area (Å²) in [4.78, 5) is 1.31. The predicted molar refractivity (Wildman–Crippen MR) is 64.8 cm³/mol. The summed E-state index contributed by atoms with van der Waals surface area (Å²) in [6, 6.07) is 4.28. The lowest BCUT2D eigenvalue weighted by molar-refractivity contribution is 0.121. The van der Waals surface area contributed by atoms with E-state index in [0.717, 1.165) is 23.2 Å². The Hall–Kier alpha value is 0.1000. The van der Waals surface area contributed by atoms with Crippen LogP contribution in [0.1, 0.15) is 18.2 Å². The summed E-state index contributed by atoms with van der Waals surface area (Å²) < 4.78 is 6.55. The zero-order valence-electron chi connectivity index (χ0n) is 8.33. The van der Waals surface area contributed by atoms with Crippen molar-refractivity contribution < 1.29 is 4.74 Å². The lowest BCUT2D eigenvalue weighted by Gasteiger charge is -2.10. The van der Waals surface area contributed by atoms with E-state index in [1.807, 2.05) is 0 Å². The summed E-state index contributed by atoms with van der Waals surface area (Å²) in [5, 5.41) is 0. The Kier molecular flexibility index (Phi) is 5.70. The third-order valence-electron chi connectivity index (χ3n) is 1.77. The van der Waals surface area contributed by atoms with Crippen molar-refractivity contribution in [1.82, 2.24) is 0 Å². The van der Waals surface area contributed by atoms with E-state index in [0.29, 0.717) is 6.61 Å². The smallest absolute Gasteiger partial charge is 0.0701 e. The van der Waals surface area contributed by atoms with Gasteiger partial charge in [-0.05, 0) is 40.9 Å². The Labute approximate surface area is 97.6 Å². The SMILES string of the molecule is CCCOCC(N)Cc1ccc(Br)s1. The van der Waals surface area contributed by atoms with Crippen LogP contribution in [-0.2, 0) is 11.2 Å². The number of hydrogen-bond acceptors (Lipinski definition) is 3. The summed E-state index contributed by atoms with van der Waals surface area (Å²) in [7, 11) is 0. The van der Waals surface area contributed by atoms with Crippen LogP contribution in [0.4, 0.5) is 0 Å². The zero-order valence-corrected chi connectivity index (χ0v) is 10.7. The molecule has 0 aliphatic carbocycles. The molecule has 0 aliphatic heterocycles. The summed E-state index contributed by atoms with van der Waals surface area (Å²) in [5.41, 5.74) is 5.92. The first-order valence-electron chi connectivity index (χ1n) is 4.80. The number of thiophene rings is 1. The number of halogens is 1. The van der Waals surface area contributed by atoms with Crippen LogP contribution in [0.15, 0.2) is 15.9 Å². The zero-order chi connectivity index (χ0) is 10.4. The van der Waals surface area contributed by atoms with Crippen LogP contribution in [0.25, 0.3) is 0 Å². The van der Waals surface area contributed by atoms with Gasteiger partial charge in [0.05, 0.1) is 10.4 Å². The lowest BCUT2D eigenvalue weighted by Crippen LogP contribution is -2.28. The molecule has 2 nitrogen and oxygen atoms in total. The van der Waals surface area contributed by atoms with E-state index in [1.54, 1.807) is 11.3 Å². The predicted octanol–water partition coefficient (Wildman–Crippen LogP) is 2.81. The molecule has 0 radical (unpaired) electrons. The molecule has 1 heterocycles. The number of rotatable bonds is 6. The molecule has 0 saturated heterocycles. The molecule has 0 amide bonds. The van der Waals surface area contributed by atoms with Crippen LogP contribution in [0.2, 0.25) is 0 Å². The van der Waals surface area contributed by atoms with E-state index in [1.165, 1.54) is 4.88 Å². The molecular formula is C10H16BrNOS. The highest BCUT2D eigenvalue weighted by molar-refractivity contribution is 9.11. The van der Waals surface area contributed by atoms with Crippen molar-refractivity contribution in [2.24, 2.45) is 5.73 Å². The maximum atomic E-state index is 5.92. The monoisotopic (exact) mass is 277 g/mol. The number of hydrogen-bond donors (Lipinski definition) is 1. The minimum atomic E-state index is 0.118. The van der Waals surface area contributed by atoms with Crippen LogP contribution in [-0.4, -0.2) is 19.3 Å². The van der Waals surface area contributed by atoms with Gasteiger partial charge in [0.25, 0.3) is 0 Å². The quantitative estimate of drug-likeness (QED) is 0.812. The van der Waals surface area contributed by atoms with Crippen LogP contribution in [0, 0.1) is 0 Å². The third-order valence-corrected chi connectivity index (χ3v) is 3.42. The Balaban J connectivity index is 2.23. The van der Waals surface area contributed by atoms with Gasteiger partial charge in [-0.3, -0.25) is 0 Å². The Morgan fingerprint density at radius 1 is 1.57 bits per heavy atom. The van der Waals surface area contributed by atoms with Crippen molar-refractivity contribution >= 4 is 27.3 Å². The molecule has 0 aliphatic rings. The molecule has 2 N–H and O–H groups in total. The van der Waals surface area contributed by atoms with Crippen molar-refractivity contribution in [3.8, 4) is 0 Å². The average molecular weight is 278 g/mol. The van der Waals surface area contributed by atoms with Gasteiger partial charge in [0, 0.05) is 17.5 Å². The molecular weight excluding hydrogens is 262 g/mol. The first kappa shape index (κ1) is 12.2. The van der Waals surface area contributed by atoms with E-state index in [4.69, 9.17) is 10.5 Å². The second kappa shape index (κ2) is 6.56. The highest BCUT2D eigenvalue weighted by atomic mass is 79.9. The van der Waals surface area contributed by atoms with Gasteiger partial charge in [-0.1, -0.05) is 6.92 Å². The second-order valence-corrected chi connectivity index (χ2v) is 5.79. The van der Waals surface area contributed by atoms with Gasteiger partial charge < -0.3 is 10.5 Å². The molecule has 1 aromatic rings. The minimum Gasteiger partial charge on any atom is -0.380 e. The van der Waals surface area contributed by atoms with Gasteiger partial charge in [0.15, 0.2) is 0 Å². The van der Waals surface area contributed by atoms with E-state index in [9.17, 15) is 0 Å². The molecule has 1 unspecified atom stereocenters. The van der Waals surface area contributed by atoms with Crippen molar-refractivity contribution in [3.05, 3.63) is 20.8 Å². The molecule has 1 aromatic heterocycles. The molecule has 1 rings (SSSR count). The van der Waals surface area contributed by atoms with Crippen LogP contribution < -0.4 is 5.73 Å². The Morgan fingerprint density at radius 3 is 2.93 bits per heavy atom. The first-order chi connectivity index (χ1) is 6.72. The van der Waals surface area contributed by atoms with Gasteiger partial charge in [-0.25, -0.2) is 0 Å². The fraction of sp³-hybridized carbons (Fsp3) is 0.600. The largest absolute Gasteiger partial charge is 0.380 e. The summed E-state index contributed by atoms with van der Waals surface area (Å²) in [5.74, 6) is 0. The van der Waals surface area contributed by atoms with Gasteiger partial charge >= 0.3 is 0 Å². The molecule has 0 fully saturated rings. The highest BCUT2D eigenvalue weighted by Gasteiger charge is 2.05. The van der Waals surface area contributed by atoms with E-state index in [2.05, 4.69) is 35.0 Å². The molecule has 80 valence electrons. The first-order valence-corrected chi connectivity index (χ1v) is 6.41. The fourth-order valence-electron chi connectivity index (χ4n) is 1.16. The van der Waals surface area contributed by atoms with Crippen molar-refractivity contribution in [2.75, 3.05) is 13.2 Å². The third kappa shape index (κ3) is 4.55. The molecule has 14 heavy (non-hydrogen) atoms. The highest BCUT2D eigenvalue weighted by Crippen LogP contribution is 2.22. The van der Waals surface area contributed by atoms with Gasteiger partial charge in [0.1, 0.15) is 0 Å². The minimum absolute atomic E-state index is 0.118. The van der Waals surface area contributed by atoms with Crippen LogP contribution in [0.3, 0.4) is 0 Å². The standard InChI is InChI=1S/C10H16BrNOS/c1-2-5-13-7-8(12)6-9-3-4-10(11)14-9/h3-4,8H,2,5-7,12H2,1H3. The molecule has 0 saturated carbocycles. The Bertz CT molecular complexity index is 264. The lowest BCUT2D eigenvalue weighted by atomic mass is 10.2. The van der Waals surface area contributed by atoms with Crippen molar-refractivity contribution in [1.29, 1.82) is 0 Å². The fourth-order valence-corrected chi connectivity index (χ4v) is 2.73. The maximum absolute atomic E-state index is 5.92. The second-order valence-electron chi connectivity index (χ2n) is 3.24. The molecule has 0 bridgehead atoms. The summed E-state index contributed by atoms with van der Waals surface area (Å²) >= 11 is 5.17. The average Bonchev–Trinajstić information content (AvgIpc) is 2.52. The van der Waals surface area contributed by atoms with Crippen molar-refractivity contribution in [3.63, 3.8) is 0 Å². The molecule has 1 atom stereocenters. The van der Waals surface area contributed by atoms with Crippen LogP contribution >= 0.6 is 27.3 Å². The molecule has 4 heteroatoms. The van der Waals surface area contributed by atoms with Crippen LogP contribution in [0.5, 0.6) is 0 Å². The van der Waals surface area contributed by atoms with Gasteiger partial charge in [-0.15, -0.1) is 11.3 Å². The van der Waals surface area contributed by atoms with Gasteiger partial charge in [-0.2, -0.15) is 0 Å². The van der Waals surface area contributed by atoms with Gasteiger partial charge in [0.2, 0.25) is 0 Å². The number of ether oxygens (including phenoxy) is 1. The van der Waals surface area contributed by atoms with E-state index >= 15 is 0 Å². The summed E-state index contributed by atoms with van der Waals surface area (Å²) in [6.45, 7) is 3.56. The van der Waals surface area contributed by atoms with Crippen molar-refractivity contribution in [2.45, 2.75) is 25.8 Å². The van der Waals surface area contributed by atoms with E-state index < -0.39 is 0 Å². The molecule has 0 aromatic carbocycles. The number of nitrogens with two attached hydrogens (primary N) is 1. The summed E-state index contributed by atoms with van der Waals surface area (Å²) in [6.07, 6.45) is 1.96.